The second kappa shape index (κ2) is 6.78. The lowest BCUT2D eigenvalue weighted by Crippen LogP contribution is -2.46. The van der Waals surface area contributed by atoms with Gasteiger partial charge in [0.2, 0.25) is 0 Å². The van der Waals surface area contributed by atoms with Gasteiger partial charge in [0, 0.05) is 19.6 Å². The SMILES string of the molecule is COc1ccc(OCCN2C[C@@H](C)O[C@@H](C)C2)cc1. The van der Waals surface area contributed by atoms with Crippen LogP contribution in [0.3, 0.4) is 0 Å². The van der Waals surface area contributed by atoms with Crippen LogP contribution in [0.2, 0.25) is 0 Å². The fourth-order valence-electron chi connectivity index (χ4n) is 2.43. The molecule has 0 saturated carbocycles. The van der Waals surface area contributed by atoms with Gasteiger partial charge in [-0.1, -0.05) is 0 Å². The quantitative estimate of drug-likeness (QED) is 0.816. The predicted octanol–water partition coefficient (Wildman–Crippen LogP) is 2.18. The molecule has 106 valence electrons. The molecule has 1 fully saturated rings. The topological polar surface area (TPSA) is 30.9 Å². The first-order chi connectivity index (χ1) is 9.17. The van der Waals surface area contributed by atoms with E-state index in [1.807, 2.05) is 24.3 Å². The lowest BCUT2D eigenvalue weighted by Gasteiger charge is -2.35. The maximum absolute atomic E-state index is 5.74. The summed E-state index contributed by atoms with van der Waals surface area (Å²) in [5.41, 5.74) is 0. The molecule has 0 unspecified atom stereocenters. The molecular formula is C15H23NO3. The van der Waals surface area contributed by atoms with E-state index in [1.54, 1.807) is 7.11 Å². The standard InChI is InChI=1S/C15H23NO3/c1-12-10-16(11-13(2)19-12)8-9-18-15-6-4-14(17-3)5-7-15/h4-7,12-13H,8-11H2,1-3H3/t12-,13+. The zero-order chi connectivity index (χ0) is 13.7. The van der Waals surface area contributed by atoms with Gasteiger partial charge in [-0.3, -0.25) is 4.90 Å². The lowest BCUT2D eigenvalue weighted by molar-refractivity contribution is -0.0699. The molecule has 1 aromatic rings. The van der Waals surface area contributed by atoms with Crippen molar-refractivity contribution < 1.29 is 14.2 Å². The Bertz CT molecular complexity index is 369. The van der Waals surface area contributed by atoms with Crippen LogP contribution in [0.4, 0.5) is 0 Å². The summed E-state index contributed by atoms with van der Waals surface area (Å²) >= 11 is 0. The van der Waals surface area contributed by atoms with Crippen LogP contribution >= 0.6 is 0 Å². The Morgan fingerprint density at radius 3 is 2.26 bits per heavy atom. The molecule has 0 aromatic heterocycles. The minimum atomic E-state index is 0.310. The number of hydrogen-bond acceptors (Lipinski definition) is 4. The summed E-state index contributed by atoms with van der Waals surface area (Å²) in [7, 11) is 1.66. The average Bonchev–Trinajstić information content (AvgIpc) is 2.38. The van der Waals surface area contributed by atoms with Crippen molar-refractivity contribution in [3.8, 4) is 11.5 Å². The highest BCUT2D eigenvalue weighted by molar-refractivity contribution is 5.31. The van der Waals surface area contributed by atoms with Gasteiger partial charge in [0.1, 0.15) is 18.1 Å². The van der Waals surface area contributed by atoms with Crippen LogP contribution in [-0.4, -0.2) is 50.5 Å². The summed E-state index contributed by atoms with van der Waals surface area (Å²) in [6.45, 7) is 7.84. The van der Waals surface area contributed by atoms with Gasteiger partial charge in [-0.2, -0.15) is 0 Å². The van der Waals surface area contributed by atoms with E-state index in [0.29, 0.717) is 18.8 Å². The molecule has 0 amide bonds. The monoisotopic (exact) mass is 265 g/mol. The van der Waals surface area contributed by atoms with E-state index in [1.165, 1.54) is 0 Å². The summed E-state index contributed by atoms with van der Waals surface area (Å²) < 4.78 is 16.6. The normalized spacial score (nSPS) is 24.2. The van der Waals surface area contributed by atoms with Crippen LogP contribution in [0.1, 0.15) is 13.8 Å². The molecule has 4 heteroatoms. The molecule has 1 heterocycles. The van der Waals surface area contributed by atoms with E-state index >= 15 is 0 Å². The Balaban J connectivity index is 1.73. The van der Waals surface area contributed by atoms with Crippen molar-refractivity contribution in [2.45, 2.75) is 26.1 Å². The third-order valence-electron chi connectivity index (χ3n) is 3.23. The minimum absolute atomic E-state index is 0.310. The van der Waals surface area contributed by atoms with E-state index in [0.717, 1.165) is 31.1 Å². The molecule has 1 aliphatic rings. The van der Waals surface area contributed by atoms with Crippen molar-refractivity contribution in [2.75, 3.05) is 33.4 Å². The molecule has 0 aliphatic carbocycles. The maximum atomic E-state index is 5.74. The van der Waals surface area contributed by atoms with Gasteiger partial charge >= 0.3 is 0 Å². The van der Waals surface area contributed by atoms with Gasteiger partial charge in [0.05, 0.1) is 19.3 Å². The first kappa shape index (κ1) is 14.2. The summed E-state index contributed by atoms with van der Waals surface area (Å²) in [6, 6.07) is 7.69. The Hall–Kier alpha value is -1.26. The molecule has 2 atom stereocenters. The molecule has 1 aromatic carbocycles. The summed E-state index contributed by atoms with van der Waals surface area (Å²) in [5, 5.41) is 0. The van der Waals surface area contributed by atoms with Crippen molar-refractivity contribution in [2.24, 2.45) is 0 Å². The smallest absolute Gasteiger partial charge is 0.119 e. The summed E-state index contributed by atoms with van der Waals surface area (Å²) in [5.74, 6) is 1.73. The van der Waals surface area contributed by atoms with Gasteiger partial charge in [-0.15, -0.1) is 0 Å². The van der Waals surface area contributed by atoms with Crippen molar-refractivity contribution in [3.63, 3.8) is 0 Å². The number of rotatable bonds is 5. The Morgan fingerprint density at radius 1 is 1.11 bits per heavy atom. The zero-order valence-corrected chi connectivity index (χ0v) is 12.0. The highest BCUT2D eigenvalue weighted by atomic mass is 16.5. The van der Waals surface area contributed by atoms with Crippen molar-refractivity contribution in [3.05, 3.63) is 24.3 Å². The van der Waals surface area contributed by atoms with E-state index < -0.39 is 0 Å². The third-order valence-corrected chi connectivity index (χ3v) is 3.23. The third kappa shape index (κ3) is 4.40. The molecule has 1 saturated heterocycles. The highest BCUT2D eigenvalue weighted by Gasteiger charge is 2.21. The lowest BCUT2D eigenvalue weighted by atomic mass is 10.2. The summed E-state index contributed by atoms with van der Waals surface area (Å²) in [4.78, 5) is 2.39. The number of ether oxygens (including phenoxy) is 3. The molecule has 19 heavy (non-hydrogen) atoms. The average molecular weight is 265 g/mol. The first-order valence-electron chi connectivity index (χ1n) is 6.82. The molecule has 0 spiro atoms. The minimum Gasteiger partial charge on any atom is -0.497 e. The van der Waals surface area contributed by atoms with E-state index in [-0.39, 0.29) is 0 Å². The van der Waals surface area contributed by atoms with Crippen LogP contribution in [0.25, 0.3) is 0 Å². The molecule has 0 bridgehead atoms. The van der Waals surface area contributed by atoms with Crippen LogP contribution in [-0.2, 0) is 4.74 Å². The zero-order valence-electron chi connectivity index (χ0n) is 12.0. The largest absolute Gasteiger partial charge is 0.497 e. The number of morpholine rings is 1. The van der Waals surface area contributed by atoms with Gasteiger partial charge in [-0.25, -0.2) is 0 Å². The van der Waals surface area contributed by atoms with Crippen molar-refractivity contribution in [1.82, 2.24) is 4.90 Å². The first-order valence-corrected chi connectivity index (χ1v) is 6.82. The molecule has 0 N–H and O–H groups in total. The van der Waals surface area contributed by atoms with Crippen molar-refractivity contribution in [1.29, 1.82) is 0 Å². The van der Waals surface area contributed by atoms with Crippen LogP contribution < -0.4 is 9.47 Å². The van der Waals surface area contributed by atoms with Gasteiger partial charge in [0.25, 0.3) is 0 Å². The second-order valence-corrected chi connectivity index (χ2v) is 5.04. The van der Waals surface area contributed by atoms with Crippen molar-refractivity contribution >= 4 is 0 Å². The predicted molar refractivity (Wildman–Crippen MR) is 74.9 cm³/mol. The number of hydrogen-bond donors (Lipinski definition) is 0. The number of methoxy groups -OCH3 is 1. The van der Waals surface area contributed by atoms with Gasteiger partial charge in [0.15, 0.2) is 0 Å². The molecule has 0 radical (unpaired) electrons. The van der Waals surface area contributed by atoms with Crippen LogP contribution in [0.15, 0.2) is 24.3 Å². The Labute approximate surface area is 115 Å². The van der Waals surface area contributed by atoms with Crippen LogP contribution in [0, 0.1) is 0 Å². The van der Waals surface area contributed by atoms with E-state index in [9.17, 15) is 0 Å². The number of benzene rings is 1. The second-order valence-electron chi connectivity index (χ2n) is 5.04. The van der Waals surface area contributed by atoms with Crippen LogP contribution in [0.5, 0.6) is 11.5 Å². The van der Waals surface area contributed by atoms with Gasteiger partial charge in [-0.05, 0) is 38.1 Å². The molecular weight excluding hydrogens is 242 g/mol. The highest BCUT2D eigenvalue weighted by Crippen LogP contribution is 2.17. The Morgan fingerprint density at radius 2 is 1.68 bits per heavy atom. The molecule has 2 rings (SSSR count). The summed E-state index contributed by atoms with van der Waals surface area (Å²) in [6.07, 6.45) is 0.620. The van der Waals surface area contributed by atoms with Gasteiger partial charge < -0.3 is 14.2 Å². The van der Waals surface area contributed by atoms with E-state index in [2.05, 4.69) is 18.7 Å². The fourth-order valence-corrected chi connectivity index (χ4v) is 2.43. The Kier molecular flexibility index (Phi) is 5.05. The van der Waals surface area contributed by atoms with E-state index in [4.69, 9.17) is 14.2 Å². The molecule has 4 nitrogen and oxygen atoms in total. The molecule has 1 aliphatic heterocycles. The maximum Gasteiger partial charge on any atom is 0.119 e. The fraction of sp³-hybridized carbons (Fsp3) is 0.600. The number of nitrogens with zero attached hydrogens (tertiary/aromatic N) is 1.